The molecule has 0 bridgehead atoms. The summed E-state index contributed by atoms with van der Waals surface area (Å²) >= 11 is 0. The van der Waals surface area contributed by atoms with E-state index in [0.717, 1.165) is 17.5 Å². The minimum atomic E-state index is -0.551. The summed E-state index contributed by atoms with van der Waals surface area (Å²) in [6, 6.07) is 10.9. The first-order valence-electron chi connectivity index (χ1n) is 9.44. The number of allylic oxidation sites excluding steroid dienone is 1. The van der Waals surface area contributed by atoms with Gasteiger partial charge in [-0.25, -0.2) is 4.79 Å². The summed E-state index contributed by atoms with van der Waals surface area (Å²) in [4.78, 5) is 11.8. The zero-order valence-electron chi connectivity index (χ0n) is 17.7. The highest BCUT2D eigenvalue weighted by Gasteiger charge is 2.15. The average Bonchev–Trinajstić information content (AvgIpc) is 2.69. The molecule has 2 rings (SSSR count). The van der Waals surface area contributed by atoms with Gasteiger partial charge < -0.3 is 20.8 Å². The molecule has 0 aliphatic heterocycles. The van der Waals surface area contributed by atoms with Crippen molar-refractivity contribution in [3.8, 4) is 11.3 Å². The van der Waals surface area contributed by atoms with Gasteiger partial charge in [-0.05, 0) is 49.6 Å². The second kappa shape index (κ2) is 9.69. The summed E-state index contributed by atoms with van der Waals surface area (Å²) in [7, 11) is 1.75. The van der Waals surface area contributed by atoms with Crippen LogP contribution in [0.2, 0.25) is 0 Å². The number of alkyl carbamates (subject to hydrolysis) is 1. The third-order valence-corrected chi connectivity index (χ3v) is 4.11. The summed E-state index contributed by atoms with van der Waals surface area (Å²) in [6.07, 6.45) is 3.52. The summed E-state index contributed by atoms with van der Waals surface area (Å²) in [5.74, 6) is 0. The lowest BCUT2D eigenvalue weighted by Gasteiger charge is -2.19. The second-order valence-corrected chi connectivity index (χ2v) is 7.60. The molecule has 2 aromatic rings. The molecule has 0 atom stereocenters. The maximum Gasteiger partial charge on any atom is 0.407 e. The van der Waals surface area contributed by atoms with Crippen LogP contribution in [0.1, 0.15) is 31.9 Å². The molecule has 0 fully saturated rings. The Morgan fingerprint density at radius 1 is 1.17 bits per heavy atom. The zero-order valence-corrected chi connectivity index (χ0v) is 17.7. The van der Waals surface area contributed by atoms with E-state index in [9.17, 15) is 4.79 Å². The van der Waals surface area contributed by atoms with Gasteiger partial charge in [0.2, 0.25) is 0 Å². The largest absolute Gasteiger partial charge is 0.444 e. The fraction of sp³-hybridized carbons (Fsp3) is 0.273. The molecule has 1 heterocycles. The number of aromatic nitrogens is 1. The van der Waals surface area contributed by atoms with Crippen LogP contribution in [0.4, 0.5) is 4.79 Å². The number of carbonyl (C=O) groups is 1. The van der Waals surface area contributed by atoms with Crippen molar-refractivity contribution in [1.82, 2.24) is 15.2 Å². The second-order valence-electron chi connectivity index (χ2n) is 7.60. The van der Waals surface area contributed by atoms with Crippen molar-refractivity contribution in [3.05, 3.63) is 59.2 Å². The summed E-state index contributed by atoms with van der Waals surface area (Å²) in [6.45, 7) is 5.76. The first-order chi connectivity index (χ1) is 14.2. The van der Waals surface area contributed by atoms with Gasteiger partial charge in [0.1, 0.15) is 11.1 Å². The molecule has 0 radical (unpaired) electrons. The van der Waals surface area contributed by atoms with Crippen LogP contribution in [-0.2, 0) is 11.3 Å². The minimum Gasteiger partial charge on any atom is -0.444 e. The molecule has 0 unspecified atom stereocenters. The van der Waals surface area contributed by atoms with Gasteiger partial charge in [-0.15, -0.1) is 0 Å². The molecule has 0 aliphatic rings. The third-order valence-electron chi connectivity index (χ3n) is 4.11. The Kier molecular flexibility index (Phi) is 7.30. The van der Waals surface area contributed by atoms with E-state index in [1.165, 1.54) is 10.8 Å². The molecule has 5 N–H and O–H groups in total. The monoisotopic (exact) mass is 408 g/mol. The van der Waals surface area contributed by atoms with E-state index in [0.29, 0.717) is 23.4 Å². The smallest absolute Gasteiger partial charge is 0.407 e. The highest BCUT2D eigenvalue weighted by atomic mass is 16.6. The predicted molar refractivity (Wildman–Crippen MR) is 119 cm³/mol. The van der Waals surface area contributed by atoms with Crippen LogP contribution in [0.5, 0.6) is 0 Å². The number of hydrogen-bond donors (Lipinski definition) is 5. The highest BCUT2D eigenvalue weighted by molar-refractivity contribution is 6.08. The van der Waals surface area contributed by atoms with Gasteiger partial charge in [0, 0.05) is 31.6 Å². The Balaban J connectivity index is 2.31. The van der Waals surface area contributed by atoms with Gasteiger partial charge in [0.05, 0.1) is 12.0 Å². The molecule has 1 aromatic heterocycles. The Bertz CT molecular complexity index is 1010. The van der Waals surface area contributed by atoms with E-state index < -0.39 is 11.7 Å². The number of amides is 1. The number of ether oxygens (including phenoxy) is 1. The van der Waals surface area contributed by atoms with E-state index in [2.05, 4.69) is 10.6 Å². The number of carbonyl (C=O) groups excluding carboxylic acids is 1. The Morgan fingerprint density at radius 2 is 1.83 bits per heavy atom. The molecule has 30 heavy (non-hydrogen) atoms. The fourth-order valence-electron chi connectivity index (χ4n) is 2.78. The lowest BCUT2D eigenvalue weighted by atomic mass is 10.0. The van der Waals surface area contributed by atoms with Gasteiger partial charge in [0.15, 0.2) is 0 Å². The van der Waals surface area contributed by atoms with Crippen molar-refractivity contribution in [1.29, 1.82) is 16.2 Å². The molecule has 8 heteroatoms. The van der Waals surface area contributed by atoms with Crippen LogP contribution < -0.4 is 16.1 Å². The standard InChI is InChI=1S/C22H28N6O2/c1-22(2,3)30-21(29)27-12-15-5-7-16(8-6-15)19-9-17(18(11-23)13-26-4)10-20(25)28(19)14-24/h5-11,13-14,23-26H,12H2,1-4H3,(H,27,29)/b18-13+,23-11?,24-14?,25-20?. The quantitative estimate of drug-likeness (QED) is 0.356. The first-order valence-corrected chi connectivity index (χ1v) is 9.44. The van der Waals surface area contributed by atoms with E-state index in [1.807, 2.05) is 51.1 Å². The maximum absolute atomic E-state index is 11.8. The molecule has 0 saturated carbocycles. The lowest BCUT2D eigenvalue weighted by molar-refractivity contribution is 0.0523. The number of nitrogens with one attached hydrogen (secondary N) is 5. The van der Waals surface area contributed by atoms with Crippen LogP contribution >= 0.6 is 0 Å². The maximum atomic E-state index is 11.8. The van der Waals surface area contributed by atoms with Crippen LogP contribution in [0.25, 0.3) is 16.8 Å². The minimum absolute atomic E-state index is 0.136. The Labute approximate surface area is 176 Å². The van der Waals surface area contributed by atoms with Gasteiger partial charge in [-0.1, -0.05) is 24.3 Å². The molecular weight excluding hydrogens is 380 g/mol. The van der Waals surface area contributed by atoms with Crippen molar-refractivity contribution < 1.29 is 9.53 Å². The predicted octanol–water partition coefficient (Wildman–Crippen LogP) is 3.32. The van der Waals surface area contributed by atoms with Crippen LogP contribution in [0.15, 0.2) is 42.6 Å². The number of benzene rings is 1. The molecular formula is C22H28N6O2. The summed E-state index contributed by atoms with van der Waals surface area (Å²) < 4.78 is 6.69. The summed E-state index contributed by atoms with van der Waals surface area (Å²) in [5.41, 5.74) is 3.27. The molecule has 8 nitrogen and oxygen atoms in total. The molecule has 0 aliphatic carbocycles. The molecule has 0 saturated heterocycles. The van der Waals surface area contributed by atoms with Crippen molar-refractivity contribution in [2.75, 3.05) is 7.05 Å². The van der Waals surface area contributed by atoms with Crippen LogP contribution in [0, 0.1) is 16.2 Å². The van der Waals surface area contributed by atoms with Crippen molar-refractivity contribution in [2.45, 2.75) is 32.9 Å². The fourth-order valence-corrected chi connectivity index (χ4v) is 2.78. The van der Waals surface area contributed by atoms with Crippen LogP contribution in [0.3, 0.4) is 0 Å². The Morgan fingerprint density at radius 3 is 2.37 bits per heavy atom. The normalized spacial score (nSPS) is 11.5. The zero-order chi connectivity index (χ0) is 22.3. The number of rotatable bonds is 7. The SMILES string of the molecule is CN/C=C(\C=N)c1cc(-c2ccc(CNC(=O)OC(C)(C)C)cc2)n(C=N)c(=N)c1. The van der Waals surface area contributed by atoms with E-state index in [1.54, 1.807) is 19.3 Å². The van der Waals surface area contributed by atoms with E-state index in [4.69, 9.17) is 21.0 Å². The number of nitrogens with zero attached hydrogens (tertiary/aromatic N) is 1. The Hall–Kier alpha value is -3.68. The molecule has 158 valence electrons. The van der Waals surface area contributed by atoms with Crippen LogP contribution in [-0.4, -0.2) is 35.9 Å². The molecule has 0 spiro atoms. The lowest BCUT2D eigenvalue weighted by Crippen LogP contribution is -2.32. The molecule has 1 amide bonds. The topological polar surface area (TPSA) is 127 Å². The van der Waals surface area contributed by atoms with E-state index in [-0.39, 0.29) is 5.49 Å². The van der Waals surface area contributed by atoms with Gasteiger partial charge in [-0.3, -0.25) is 15.4 Å². The highest BCUT2D eigenvalue weighted by Crippen LogP contribution is 2.22. The average molecular weight is 409 g/mol. The van der Waals surface area contributed by atoms with Crippen molar-refractivity contribution in [3.63, 3.8) is 0 Å². The molecule has 1 aromatic carbocycles. The van der Waals surface area contributed by atoms with Gasteiger partial charge >= 0.3 is 6.09 Å². The van der Waals surface area contributed by atoms with Gasteiger partial charge in [-0.2, -0.15) is 0 Å². The summed E-state index contributed by atoms with van der Waals surface area (Å²) in [5, 5.41) is 29.2. The van der Waals surface area contributed by atoms with Crippen molar-refractivity contribution in [2.24, 2.45) is 0 Å². The van der Waals surface area contributed by atoms with E-state index >= 15 is 0 Å². The van der Waals surface area contributed by atoms with Crippen molar-refractivity contribution >= 4 is 24.2 Å². The number of pyridine rings is 1. The first kappa shape index (κ1) is 22.6. The third kappa shape index (κ3) is 5.91. The van der Waals surface area contributed by atoms with Gasteiger partial charge in [0.25, 0.3) is 0 Å². The number of hydrogen-bond acceptors (Lipinski definition) is 6.